The van der Waals surface area contributed by atoms with Gasteiger partial charge in [-0.15, -0.1) is 10.2 Å². The van der Waals surface area contributed by atoms with Gasteiger partial charge >= 0.3 is 0 Å². The molecule has 1 unspecified atom stereocenters. The zero-order valence-electron chi connectivity index (χ0n) is 11.1. The second-order valence-corrected chi connectivity index (χ2v) is 4.89. The van der Waals surface area contributed by atoms with E-state index in [1.807, 2.05) is 0 Å². The molecule has 0 bridgehead atoms. The van der Waals surface area contributed by atoms with E-state index in [1.54, 1.807) is 6.33 Å². The highest BCUT2D eigenvalue weighted by Gasteiger charge is 2.12. The lowest BCUT2D eigenvalue weighted by Crippen LogP contribution is -2.33. The number of hydrogen-bond acceptors (Lipinski definition) is 3. The summed E-state index contributed by atoms with van der Waals surface area (Å²) >= 11 is 0. The third-order valence-electron chi connectivity index (χ3n) is 2.97. The number of aromatic nitrogens is 3. The molecule has 0 aliphatic heterocycles. The Hall–Kier alpha value is -0.900. The molecule has 4 heteroatoms. The fraction of sp³-hybridized carbons (Fsp3) is 0.833. The molecule has 1 aromatic rings. The highest BCUT2D eigenvalue weighted by molar-refractivity contribution is 4.88. The van der Waals surface area contributed by atoms with Crippen LogP contribution in [0.15, 0.2) is 6.33 Å². The van der Waals surface area contributed by atoms with Gasteiger partial charge in [0.2, 0.25) is 0 Å². The first-order valence-electron chi connectivity index (χ1n) is 6.18. The van der Waals surface area contributed by atoms with E-state index in [4.69, 9.17) is 0 Å². The monoisotopic (exact) mass is 224 g/mol. The number of rotatable bonds is 6. The Morgan fingerprint density at radius 3 is 2.50 bits per heavy atom. The minimum Gasteiger partial charge on any atom is -0.314 e. The quantitative estimate of drug-likeness (QED) is 0.806. The summed E-state index contributed by atoms with van der Waals surface area (Å²) < 4.78 is 2.11. The first-order valence-corrected chi connectivity index (χ1v) is 6.18. The van der Waals surface area contributed by atoms with Gasteiger partial charge in [0.25, 0.3) is 0 Å². The van der Waals surface area contributed by atoms with Gasteiger partial charge < -0.3 is 9.88 Å². The van der Waals surface area contributed by atoms with Crippen molar-refractivity contribution >= 4 is 0 Å². The zero-order chi connectivity index (χ0) is 12.1. The molecule has 0 radical (unpaired) electrons. The molecule has 0 spiro atoms. The van der Waals surface area contributed by atoms with Gasteiger partial charge in [0.15, 0.2) is 0 Å². The van der Waals surface area contributed by atoms with E-state index in [9.17, 15) is 0 Å². The SMILES string of the molecule is CCC(NCc1nncn1C(C)C)C(C)C. The minimum atomic E-state index is 0.422. The fourth-order valence-corrected chi connectivity index (χ4v) is 1.90. The number of nitrogens with zero attached hydrogens (tertiary/aromatic N) is 3. The summed E-state index contributed by atoms with van der Waals surface area (Å²) in [6.45, 7) is 11.8. The Kier molecular flexibility index (Phi) is 4.93. The van der Waals surface area contributed by atoms with Crippen molar-refractivity contribution in [2.45, 2.75) is 59.7 Å². The average molecular weight is 224 g/mol. The van der Waals surface area contributed by atoms with Crippen LogP contribution in [0.4, 0.5) is 0 Å². The van der Waals surface area contributed by atoms with Gasteiger partial charge in [0.1, 0.15) is 12.2 Å². The predicted molar refractivity (Wildman–Crippen MR) is 66.2 cm³/mol. The van der Waals surface area contributed by atoms with E-state index in [0.29, 0.717) is 18.0 Å². The van der Waals surface area contributed by atoms with Crippen molar-refractivity contribution in [1.82, 2.24) is 20.1 Å². The van der Waals surface area contributed by atoms with Crippen LogP contribution in [0.1, 0.15) is 52.9 Å². The average Bonchev–Trinajstić information content (AvgIpc) is 2.66. The molecule has 0 fully saturated rings. The van der Waals surface area contributed by atoms with Gasteiger partial charge in [0, 0.05) is 12.1 Å². The van der Waals surface area contributed by atoms with E-state index < -0.39 is 0 Å². The van der Waals surface area contributed by atoms with Crippen LogP contribution in [0.3, 0.4) is 0 Å². The topological polar surface area (TPSA) is 42.7 Å². The normalized spacial score (nSPS) is 13.7. The van der Waals surface area contributed by atoms with Gasteiger partial charge in [-0.05, 0) is 26.2 Å². The Balaban J connectivity index is 2.56. The summed E-state index contributed by atoms with van der Waals surface area (Å²) in [5.41, 5.74) is 0. The fourth-order valence-electron chi connectivity index (χ4n) is 1.90. The van der Waals surface area contributed by atoms with Crippen LogP contribution >= 0.6 is 0 Å². The van der Waals surface area contributed by atoms with Crippen LogP contribution in [0, 0.1) is 5.92 Å². The lowest BCUT2D eigenvalue weighted by molar-refractivity contribution is 0.377. The third kappa shape index (κ3) is 3.30. The van der Waals surface area contributed by atoms with E-state index in [1.165, 1.54) is 0 Å². The molecule has 0 aliphatic rings. The van der Waals surface area contributed by atoms with Gasteiger partial charge in [-0.3, -0.25) is 0 Å². The molecule has 0 saturated carbocycles. The van der Waals surface area contributed by atoms with Crippen molar-refractivity contribution in [3.63, 3.8) is 0 Å². The first kappa shape index (κ1) is 13.2. The molecular weight excluding hydrogens is 200 g/mol. The largest absolute Gasteiger partial charge is 0.314 e. The molecule has 0 aromatic carbocycles. The summed E-state index contributed by atoms with van der Waals surface area (Å²) in [7, 11) is 0. The van der Waals surface area contributed by atoms with Gasteiger partial charge in [-0.2, -0.15) is 0 Å². The standard InChI is InChI=1S/C12H24N4/c1-6-11(9(2)3)13-7-12-15-14-8-16(12)10(4)5/h8-11,13H,6-7H2,1-5H3. The Morgan fingerprint density at radius 2 is 2.00 bits per heavy atom. The molecular formula is C12H24N4. The first-order chi connectivity index (χ1) is 7.56. The summed E-state index contributed by atoms with van der Waals surface area (Å²) in [5, 5.41) is 11.7. The Labute approximate surface area is 98.5 Å². The van der Waals surface area contributed by atoms with Crippen LogP contribution in [0.5, 0.6) is 0 Å². The molecule has 92 valence electrons. The van der Waals surface area contributed by atoms with Crippen molar-refractivity contribution in [2.75, 3.05) is 0 Å². The van der Waals surface area contributed by atoms with Crippen molar-refractivity contribution in [2.24, 2.45) is 5.92 Å². The Morgan fingerprint density at radius 1 is 1.31 bits per heavy atom. The summed E-state index contributed by atoms with van der Waals surface area (Å²) in [6.07, 6.45) is 2.95. The van der Waals surface area contributed by atoms with E-state index in [2.05, 4.69) is 54.7 Å². The highest BCUT2D eigenvalue weighted by Crippen LogP contribution is 2.09. The van der Waals surface area contributed by atoms with E-state index in [0.717, 1.165) is 18.8 Å². The maximum absolute atomic E-state index is 4.15. The maximum atomic E-state index is 4.15. The Bertz CT molecular complexity index is 304. The molecule has 1 aromatic heterocycles. The third-order valence-corrected chi connectivity index (χ3v) is 2.97. The van der Waals surface area contributed by atoms with Gasteiger partial charge in [0.05, 0.1) is 6.54 Å². The summed E-state index contributed by atoms with van der Waals surface area (Å²) in [6, 6.07) is 0.975. The molecule has 16 heavy (non-hydrogen) atoms. The predicted octanol–water partition coefficient (Wildman–Crippen LogP) is 2.38. The molecule has 0 aliphatic carbocycles. The zero-order valence-corrected chi connectivity index (χ0v) is 11.1. The highest BCUT2D eigenvalue weighted by atomic mass is 15.3. The van der Waals surface area contributed by atoms with Crippen molar-refractivity contribution in [3.8, 4) is 0 Å². The second kappa shape index (κ2) is 5.99. The number of nitrogens with one attached hydrogen (secondary N) is 1. The molecule has 0 amide bonds. The van der Waals surface area contributed by atoms with Crippen molar-refractivity contribution < 1.29 is 0 Å². The van der Waals surface area contributed by atoms with Gasteiger partial charge in [-0.25, -0.2) is 0 Å². The van der Waals surface area contributed by atoms with E-state index >= 15 is 0 Å². The van der Waals surface area contributed by atoms with Crippen LogP contribution in [0.25, 0.3) is 0 Å². The van der Waals surface area contributed by atoms with Crippen LogP contribution in [-0.2, 0) is 6.54 Å². The summed E-state index contributed by atoms with van der Waals surface area (Å²) in [4.78, 5) is 0. The molecule has 1 atom stereocenters. The second-order valence-electron chi connectivity index (χ2n) is 4.89. The van der Waals surface area contributed by atoms with Crippen molar-refractivity contribution in [3.05, 3.63) is 12.2 Å². The van der Waals surface area contributed by atoms with Crippen LogP contribution in [0.2, 0.25) is 0 Å². The maximum Gasteiger partial charge on any atom is 0.147 e. The molecule has 0 saturated heterocycles. The molecule has 4 nitrogen and oxygen atoms in total. The summed E-state index contributed by atoms with van der Waals surface area (Å²) in [5.74, 6) is 1.68. The minimum absolute atomic E-state index is 0.422. The molecule has 1 heterocycles. The number of hydrogen-bond donors (Lipinski definition) is 1. The molecule has 1 rings (SSSR count). The van der Waals surface area contributed by atoms with Crippen molar-refractivity contribution in [1.29, 1.82) is 0 Å². The molecule has 1 N–H and O–H groups in total. The van der Waals surface area contributed by atoms with Gasteiger partial charge in [-0.1, -0.05) is 20.8 Å². The smallest absolute Gasteiger partial charge is 0.147 e. The lowest BCUT2D eigenvalue weighted by atomic mass is 10.0. The van der Waals surface area contributed by atoms with E-state index in [-0.39, 0.29) is 0 Å². The lowest BCUT2D eigenvalue weighted by Gasteiger charge is -2.21. The van der Waals surface area contributed by atoms with Crippen LogP contribution in [-0.4, -0.2) is 20.8 Å². The van der Waals surface area contributed by atoms with Crippen LogP contribution < -0.4 is 5.32 Å².